The van der Waals surface area contributed by atoms with Gasteiger partial charge < -0.3 is 9.32 Å². The summed E-state index contributed by atoms with van der Waals surface area (Å²) in [5.41, 5.74) is 1.29. The largest absolute Gasteiger partial charge is 0.412 e. The summed E-state index contributed by atoms with van der Waals surface area (Å²) in [6, 6.07) is 7.83. The second-order valence-electron chi connectivity index (χ2n) is 4.21. The molecule has 3 heteroatoms. The number of benzene rings is 1. The molecule has 72 valence electrons. The number of nitrogens with two attached hydrogens (primary N) is 1. The first-order valence-electron chi connectivity index (χ1n) is 4.27. The molecule has 0 aliphatic heterocycles. The fourth-order valence-electron chi connectivity index (χ4n) is 1.22. The highest BCUT2D eigenvalue weighted by Crippen LogP contribution is 2.12. The number of quaternary nitrogens is 1. The Morgan fingerprint density at radius 3 is 2.08 bits per heavy atom. The maximum Gasteiger partial charge on any atom is 0.146 e. The molecule has 1 rings (SSSR count). The van der Waals surface area contributed by atoms with Gasteiger partial charge in [0.15, 0.2) is 0 Å². The Morgan fingerprint density at radius 2 is 1.69 bits per heavy atom. The molecule has 13 heavy (non-hydrogen) atoms. The minimum atomic E-state index is 0.699. The smallest absolute Gasteiger partial charge is 0.146 e. The van der Waals surface area contributed by atoms with Gasteiger partial charge in [-0.3, -0.25) is 0 Å². The summed E-state index contributed by atoms with van der Waals surface area (Å²) in [5, 5.41) is 0. The van der Waals surface area contributed by atoms with E-state index in [4.69, 9.17) is 5.90 Å². The molecule has 0 atom stereocenters. The Hall–Kier alpha value is -1.06. The summed E-state index contributed by atoms with van der Waals surface area (Å²) in [4.78, 5) is 4.59. The SMILES string of the molecule is C[N+](C)(C)Cc1ccc(ON)cc1. The Balaban J connectivity index is 2.70. The van der Waals surface area contributed by atoms with Crippen molar-refractivity contribution in [2.24, 2.45) is 5.90 Å². The van der Waals surface area contributed by atoms with Gasteiger partial charge in [-0.05, 0) is 24.3 Å². The molecule has 0 saturated carbocycles. The van der Waals surface area contributed by atoms with Gasteiger partial charge in [-0.15, -0.1) is 0 Å². The van der Waals surface area contributed by atoms with Crippen molar-refractivity contribution >= 4 is 0 Å². The van der Waals surface area contributed by atoms with Gasteiger partial charge in [0.25, 0.3) is 0 Å². The first-order chi connectivity index (χ1) is 6.01. The minimum Gasteiger partial charge on any atom is -0.412 e. The molecule has 1 aromatic carbocycles. The average molecular weight is 181 g/mol. The van der Waals surface area contributed by atoms with Gasteiger partial charge in [-0.2, -0.15) is 5.90 Å². The third-order valence-electron chi connectivity index (χ3n) is 1.72. The maximum absolute atomic E-state index is 5.02. The molecule has 0 aliphatic rings. The highest BCUT2D eigenvalue weighted by Gasteiger charge is 2.07. The second kappa shape index (κ2) is 3.77. The fourth-order valence-corrected chi connectivity index (χ4v) is 1.22. The van der Waals surface area contributed by atoms with E-state index < -0.39 is 0 Å². The fraction of sp³-hybridized carbons (Fsp3) is 0.400. The van der Waals surface area contributed by atoms with E-state index in [9.17, 15) is 0 Å². The average Bonchev–Trinajstić information content (AvgIpc) is 2.03. The van der Waals surface area contributed by atoms with Crippen LogP contribution in [0.5, 0.6) is 5.75 Å². The molecule has 3 nitrogen and oxygen atoms in total. The van der Waals surface area contributed by atoms with E-state index in [-0.39, 0.29) is 0 Å². The van der Waals surface area contributed by atoms with Crippen LogP contribution < -0.4 is 10.7 Å². The zero-order valence-corrected chi connectivity index (χ0v) is 8.45. The van der Waals surface area contributed by atoms with Crippen LogP contribution in [0.15, 0.2) is 24.3 Å². The quantitative estimate of drug-likeness (QED) is 0.560. The highest BCUT2D eigenvalue weighted by atomic mass is 16.6. The van der Waals surface area contributed by atoms with Gasteiger partial charge in [-0.25, -0.2) is 0 Å². The van der Waals surface area contributed by atoms with E-state index in [0.29, 0.717) is 5.75 Å². The van der Waals surface area contributed by atoms with E-state index in [0.717, 1.165) is 11.0 Å². The van der Waals surface area contributed by atoms with E-state index in [1.54, 1.807) is 0 Å². The first-order valence-corrected chi connectivity index (χ1v) is 4.27. The molecule has 0 radical (unpaired) electrons. The predicted octanol–water partition coefficient (Wildman–Crippen LogP) is 1.15. The Morgan fingerprint density at radius 1 is 1.15 bits per heavy atom. The molecule has 0 unspecified atom stereocenters. The molecule has 0 fully saturated rings. The molecule has 0 amide bonds. The van der Waals surface area contributed by atoms with Crippen molar-refractivity contribution in [1.29, 1.82) is 0 Å². The van der Waals surface area contributed by atoms with Crippen molar-refractivity contribution in [3.8, 4) is 5.75 Å². The van der Waals surface area contributed by atoms with Crippen LogP contribution in [0, 0.1) is 0 Å². The van der Waals surface area contributed by atoms with E-state index in [1.807, 2.05) is 24.3 Å². The molecule has 0 spiro atoms. The van der Waals surface area contributed by atoms with Gasteiger partial charge in [-0.1, -0.05) is 0 Å². The molecule has 0 aliphatic carbocycles. The van der Waals surface area contributed by atoms with Gasteiger partial charge in [0.2, 0.25) is 0 Å². The summed E-state index contributed by atoms with van der Waals surface area (Å²) < 4.78 is 0.919. The monoisotopic (exact) mass is 181 g/mol. The van der Waals surface area contributed by atoms with Crippen LogP contribution in [-0.2, 0) is 6.54 Å². The van der Waals surface area contributed by atoms with Crippen LogP contribution in [0.2, 0.25) is 0 Å². The molecule has 2 N–H and O–H groups in total. The van der Waals surface area contributed by atoms with E-state index in [1.165, 1.54) is 5.56 Å². The minimum absolute atomic E-state index is 0.699. The normalized spacial score (nSPS) is 11.4. The zero-order valence-electron chi connectivity index (χ0n) is 8.45. The summed E-state index contributed by atoms with van der Waals surface area (Å²) >= 11 is 0. The predicted molar refractivity (Wildman–Crippen MR) is 53.0 cm³/mol. The van der Waals surface area contributed by atoms with Crippen LogP contribution in [0.1, 0.15) is 5.56 Å². The van der Waals surface area contributed by atoms with Gasteiger partial charge in [0.1, 0.15) is 12.3 Å². The highest BCUT2D eigenvalue weighted by molar-refractivity contribution is 5.26. The van der Waals surface area contributed by atoms with Crippen LogP contribution in [0.4, 0.5) is 0 Å². The zero-order chi connectivity index (χ0) is 9.90. The van der Waals surface area contributed by atoms with Crippen molar-refractivity contribution in [2.45, 2.75) is 6.54 Å². The van der Waals surface area contributed by atoms with E-state index >= 15 is 0 Å². The van der Waals surface area contributed by atoms with Crippen LogP contribution in [-0.4, -0.2) is 25.6 Å². The van der Waals surface area contributed by atoms with Gasteiger partial charge >= 0.3 is 0 Å². The molecular formula is C10H17N2O+. The summed E-state index contributed by atoms with van der Waals surface area (Å²) in [6.45, 7) is 1.00. The van der Waals surface area contributed by atoms with Crippen molar-refractivity contribution in [1.82, 2.24) is 0 Å². The third kappa shape index (κ3) is 3.44. The van der Waals surface area contributed by atoms with Gasteiger partial charge in [0, 0.05) is 5.56 Å². The summed E-state index contributed by atoms with van der Waals surface area (Å²) in [7, 11) is 6.48. The molecule has 0 heterocycles. The van der Waals surface area contributed by atoms with E-state index in [2.05, 4.69) is 26.0 Å². The lowest BCUT2D eigenvalue weighted by Crippen LogP contribution is -2.33. The topological polar surface area (TPSA) is 35.2 Å². The molecule has 1 aromatic rings. The Labute approximate surface area is 79.3 Å². The second-order valence-corrected chi connectivity index (χ2v) is 4.21. The van der Waals surface area contributed by atoms with Crippen molar-refractivity contribution in [3.05, 3.63) is 29.8 Å². The lowest BCUT2D eigenvalue weighted by atomic mass is 10.2. The lowest BCUT2D eigenvalue weighted by Gasteiger charge is -2.23. The third-order valence-corrected chi connectivity index (χ3v) is 1.72. The van der Waals surface area contributed by atoms with Crippen molar-refractivity contribution in [3.63, 3.8) is 0 Å². The van der Waals surface area contributed by atoms with Crippen LogP contribution in [0.25, 0.3) is 0 Å². The number of hydrogen-bond donors (Lipinski definition) is 1. The Bertz CT molecular complexity index is 261. The Kier molecular flexibility index (Phi) is 2.90. The summed E-state index contributed by atoms with van der Waals surface area (Å²) in [6.07, 6.45) is 0. The molecular weight excluding hydrogens is 164 g/mol. The molecule has 0 bridgehead atoms. The number of hydrogen-bond acceptors (Lipinski definition) is 2. The maximum atomic E-state index is 5.02. The number of nitrogens with zero attached hydrogens (tertiary/aromatic N) is 1. The molecule has 0 saturated heterocycles. The standard InChI is InChI=1S/C10H17N2O/c1-12(2,3)8-9-4-6-10(13-11)7-5-9/h4-7H,8,11H2,1-3H3/q+1. The number of rotatable bonds is 3. The summed E-state index contributed by atoms with van der Waals surface area (Å²) in [5.74, 6) is 5.72. The lowest BCUT2D eigenvalue weighted by molar-refractivity contribution is -0.884. The van der Waals surface area contributed by atoms with Crippen LogP contribution in [0.3, 0.4) is 0 Å². The van der Waals surface area contributed by atoms with Crippen molar-refractivity contribution in [2.75, 3.05) is 21.1 Å². The van der Waals surface area contributed by atoms with Crippen LogP contribution >= 0.6 is 0 Å². The van der Waals surface area contributed by atoms with Gasteiger partial charge in [0.05, 0.1) is 21.1 Å². The van der Waals surface area contributed by atoms with Crippen molar-refractivity contribution < 1.29 is 9.32 Å². The molecule has 0 aromatic heterocycles. The first kappa shape index (κ1) is 10.0.